The molecule has 1 amide bonds. The predicted molar refractivity (Wildman–Crippen MR) is 84.2 cm³/mol. The summed E-state index contributed by atoms with van der Waals surface area (Å²) in [7, 11) is 4.03. The number of hydrogen-bond acceptors (Lipinski definition) is 5. The van der Waals surface area contributed by atoms with Crippen molar-refractivity contribution in [2.45, 2.75) is 6.42 Å². The summed E-state index contributed by atoms with van der Waals surface area (Å²) >= 11 is 0. The highest BCUT2D eigenvalue weighted by molar-refractivity contribution is 5.90. The largest absolute Gasteiger partial charge is 0.360 e. The molecule has 0 radical (unpaired) electrons. The number of amides is 1. The topological polar surface area (TPSA) is 70.2 Å². The van der Waals surface area contributed by atoms with Crippen LogP contribution in [0, 0.1) is 0 Å². The normalized spacial score (nSPS) is 10.8. The van der Waals surface area contributed by atoms with Crippen LogP contribution < -0.4 is 10.6 Å². The molecule has 1 aromatic carbocycles. The van der Waals surface area contributed by atoms with Crippen molar-refractivity contribution in [3.05, 3.63) is 30.6 Å². The summed E-state index contributed by atoms with van der Waals surface area (Å²) < 4.78 is 0. The van der Waals surface area contributed by atoms with Gasteiger partial charge in [-0.2, -0.15) is 0 Å². The summed E-state index contributed by atoms with van der Waals surface area (Å²) in [6.07, 6.45) is 2.44. The maximum Gasteiger partial charge on any atom is 0.239 e. The molecule has 1 aromatic heterocycles. The van der Waals surface area contributed by atoms with Gasteiger partial charge in [0.05, 0.1) is 12.1 Å². The molecule has 2 rings (SSSR count). The molecular formula is C15H21N5O. The molecule has 2 N–H and O–H groups in total. The second-order valence-electron chi connectivity index (χ2n) is 5.10. The number of nitrogens with zero attached hydrogens (tertiary/aromatic N) is 3. The fraction of sp³-hybridized carbons (Fsp3) is 0.400. The molecule has 0 spiro atoms. The average molecular weight is 287 g/mol. The second kappa shape index (κ2) is 7.54. The highest BCUT2D eigenvalue weighted by Crippen LogP contribution is 2.17. The van der Waals surface area contributed by atoms with Crippen molar-refractivity contribution in [1.29, 1.82) is 0 Å². The van der Waals surface area contributed by atoms with Crippen LogP contribution in [0.5, 0.6) is 0 Å². The third-order valence-electron chi connectivity index (χ3n) is 3.06. The number of carbonyl (C=O) groups excluding carboxylic acids is 1. The lowest BCUT2D eigenvalue weighted by molar-refractivity contribution is -0.119. The van der Waals surface area contributed by atoms with Crippen molar-refractivity contribution >= 4 is 22.6 Å². The van der Waals surface area contributed by atoms with Crippen molar-refractivity contribution in [3.63, 3.8) is 0 Å². The minimum atomic E-state index is -0.0311. The first kappa shape index (κ1) is 15.2. The van der Waals surface area contributed by atoms with E-state index >= 15 is 0 Å². The van der Waals surface area contributed by atoms with Gasteiger partial charge in [-0.05, 0) is 39.2 Å². The van der Waals surface area contributed by atoms with Gasteiger partial charge in [-0.1, -0.05) is 12.1 Å². The fourth-order valence-electron chi connectivity index (χ4n) is 2.00. The van der Waals surface area contributed by atoms with E-state index in [0.717, 1.165) is 23.9 Å². The van der Waals surface area contributed by atoms with Gasteiger partial charge in [-0.3, -0.25) is 4.79 Å². The van der Waals surface area contributed by atoms with Gasteiger partial charge < -0.3 is 15.5 Å². The minimum Gasteiger partial charge on any atom is -0.360 e. The SMILES string of the molecule is CN(C)CCCNC(=O)CNc1ncnc2ccccc12. The number of anilines is 1. The van der Waals surface area contributed by atoms with Crippen LogP contribution in [0.4, 0.5) is 5.82 Å². The number of aromatic nitrogens is 2. The van der Waals surface area contributed by atoms with E-state index < -0.39 is 0 Å². The number of para-hydroxylation sites is 1. The number of rotatable bonds is 7. The molecule has 0 atom stereocenters. The van der Waals surface area contributed by atoms with E-state index in [1.165, 1.54) is 6.33 Å². The van der Waals surface area contributed by atoms with Gasteiger partial charge in [0.25, 0.3) is 0 Å². The van der Waals surface area contributed by atoms with Gasteiger partial charge in [0.1, 0.15) is 12.1 Å². The van der Waals surface area contributed by atoms with E-state index in [4.69, 9.17) is 0 Å². The average Bonchev–Trinajstić information content (AvgIpc) is 2.49. The highest BCUT2D eigenvalue weighted by atomic mass is 16.1. The quantitative estimate of drug-likeness (QED) is 0.747. The number of benzene rings is 1. The Labute approximate surface area is 124 Å². The molecule has 21 heavy (non-hydrogen) atoms. The van der Waals surface area contributed by atoms with Gasteiger partial charge in [-0.15, -0.1) is 0 Å². The van der Waals surface area contributed by atoms with E-state index in [1.807, 2.05) is 38.4 Å². The smallest absolute Gasteiger partial charge is 0.239 e. The number of nitrogens with one attached hydrogen (secondary N) is 2. The summed E-state index contributed by atoms with van der Waals surface area (Å²) in [5.41, 5.74) is 0.862. The molecule has 0 aliphatic carbocycles. The Bertz CT molecular complexity index is 594. The van der Waals surface area contributed by atoms with Gasteiger partial charge in [0.2, 0.25) is 5.91 Å². The Morgan fingerprint density at radius 2 is 2.05 bits per heavy atom. The summed E-state index contributed by atoms with van der Waals surface area (Å²) in [6, 6.07) is 7.71. The number of fused-ring (bicyclic) bond motifs is 1. The summed E-state index contributed by atoms with van der Waals surface area (Å²) in [5, 5.41) is 6.87. The van der Waals surface area contributed by atoms with Crippen molar-refractivity contribution < 1.29 is 4.79 Å². The van der Waals surface area contributed by atoms with Gasteiger partial charge >= 0.3 is 0 Å². The van der Waals surface area contributed by atoms with Crippen LogP contribution in [-0.2, 0) is 4.79 Å². The molecule has 0 bridgehead atoms. The van der Waals surface area contributed by atoms with Crippen molar-refractivity contribution in [3.8, 4) is 0 Å². The first-order valence-electron chi connectivity index (χ1n) is 7.02. The zero-order valence-electron chi connectivity index (χ0n) is 12.5. The first-order valence-corrected chi connectivity index (χ1v) is 7.02. The van der Waals surface area contributed by atoms with Gasteiger partial charge in [0.15, 0.2) is 0 Å². The Balaban J connectivity index is 1.83. The molecule has 6 heteroatoms. The van der Waals surface area contributed by atoms with Crippen LogP contribution >= 0.6 is 0 Å². The Hall–Kier alpha value is -2.21. The van der Waals surface area contributed by atoms with E-state index in [1.54, 1.807) is 0 Å². The molecule has 0 saturated carbocycles. The molecule has 0 aliphatic heterocycles. The molecule has 0 aliphatic rings. The Kier molecular flexibility index (Phi) is 5.45. The lowest BCUT2D eigenvalue weighted by Crippen LogP contribution is -2.32. The van der Waals surface area contributed by atoms with Crippen molar-refractivity contribution in [2.75, 3.05) is 39.0 Å². The van der Waals surface area contributed by atoms with E-state index in [0.29, 0.717) is 12.4 Å². The van der Waals surface area contributed by atoms with Crippen LogP contribution in [0.2, 0.25) is 0 Å². The molecule has 2 aromatic rings. The highest BCUT2D eigenvalue weighted by Gasteiger charge is 2.05. The molecule has 1 heterocycles. The summed E-state index contributed by atoms with van der Waals surface area (Å²) in [4.78, 5) is 22.2. The first-order chi connectivity index (χ1) is 10.2. The maximum atomic E-state index is 11.8. The fourth-order valence-corrected chi connectivity index (χ4v) is 2.00. The van der Waals surface area contributed by atoms with Crippen molar-refractivity contribution in [2.24, 2.45) is 0 Å². The number of carbonyl (C=O) groups is 1. The van der Waals surface area contributed by atoms with Crippen LogP contribution in [0.25, 0.3) is 10.9 Å². The van der Waals surface area contributed by atoms with Gasteiger partial charge in [-0.25, -0.2) is 9.97 Å². The monoisotopic (exact) mass is 287 g/mol. The molecule has 0 saturated heterocycles. The standard InChI is InChI=1S/C15H21N5O/c1-20(2)9-5-8-16-14(21)10-17-15-12-6-3-4-7-13(12)18-11-19-15/h3-4,6-7,11H,5,8-10H2,1-2H3,(H,16,21)(H,17,18,19). The summed E-state index contributed by atoms with van der Waals surface area (Å²) in [5.74, 6) is 0.653. The zero-order valence-corrected chi connectivity index (χ0v) is 12.5. The second-order valence-corrected chi connectivity index (χ2v) is 5.10. The Morgan fingerprint density at radius 1 is 1.24 bits per heavy atom. The van der Waals surface area contributed by atoms with Gasteiger partial charge in [0, 0.05) is 11.9 Å². The minimum absolute atomic E-state index is 0.0311. The molecule has 6 nitrogen and oxygen atoms in total. The van der Waals surface area contributed by atoms with Crippen LogP contribution in [0.1, 0.15) is 6.42 Å². The third-order valence-corrected chi connectivity index (χ3v) is 3.06. The molecule has 112 valence electrons. The number of hydrogen-bond donors (Lipinski definition) is 2. The molecular weight excluding hydrogens is 266 g/mol. The molecule has 0 fully saturated rings. The van der Waals surface area contributed by atoms with Crippen molar-refractivity contribution in [1.82, 2.24) is 20.2 Å². The van der Waals surface area contributed by atoms with E-state index in [-0.39, 0.29) is 12.5 Å². The lowest BCUT2D eigenvalue weighted by atomic mass is 10.2. The van der Waals surface area contributed by atoms with Crippen LogP contribution in [-0.4, -0.2) is 54.5 Å². The predicted octanol–water partition coefficient (Wildman–Crippen LogP) is 1.11. The lowest BCUT2D eigenvalue weighted by Gasteiger charge is -2.11. The third kappa shape index (κ3) is 4.68. The van der Waals surface area contributed by atoms with E-state index in [2.05, 4.69) is 25.5 Å². The van der Waals surface area contributed by atoms with Crippen LogP contribution in [0.15, 0.2) is 30.6 Å². The van der Waals surface area contributed by atoms with E-state index in [9.17, 15) is 4.79 Å². The summed E-state index contributed by atoms with van der Waals surface area (Å²) in [6.45, 7) is 1.86. The maximum absolute atomic E-state index is 11.8. The Morgan fingerprint density at radius 3 is 2.86 bits per heavy atom. The van der Waals surface area contributed by atoms with Crippen LogP contribution in [0.3, 0.4) is 0 Å². The molecule has 0 unspecified atom stereocenters. The zero-order chi connectivity index (χ0) is 15.1.